The Bertz CT molecular complexity index is 322. The molecule has 0 spiro atoms. The monoisotopic (exact) mass is 358 g/mol. The molecular formula is C19H39ClN4. The van der Waals surface area contributed by atoms with Gasteiger partial charge < -0.3 is 21.3 Å². The maximum atomic E-state index is 3.72. The topological polar surface area (TPSA) is 48.1 Å². The van der Waals surface area contributed by atoms with Crippen LogP contribution in [-0.4, -0.2) is 52.4 Å². The minimum absolute atomic E-state index is 0. The highest BCUT2D eigenvalue weighted by atomic mass is 35.5. The zero-order valence-corrected chi connectivity index (χ0v) is 16.5. The molecule has 0 aromatic carbocycles. The molecule has 0 amide bonds. The Morgan fingerprint density at radius 2 is 0.750 bits per heavy atom. The highest BCUT2D eigenvalue weighted by Gasteiger charge is 2.40. The summed E-state index contributed by atoms with van der Waals surface area (Å²) in [5.74, 6) is 5.71. The van der Waals surface area contributed by atoms with Crippen LogP contribution >= 0.6 is 12.4 Å². The van der Waals surface area contributed by atoms with Gasteiger partial charge in [-0.1, -0.05) is 13.8 Å². The second kappa shape index (κ2) is 10.3. The van der Waals surface area contributed by atoms with Crippen LogP contribution in [0.4, 0.5) is 0 Å². The number of rotatable bonds is 14. The molecule has 4 nitrogen and oxygen atoms in total. The molecule has 3 saturated carbocycles. The Morgan fingerprint density at radius 1 is 0.500 bits per heavy atom. The van der Waals surface area contributed by atoms with Gasteiger partial charge in [-0.3, -0.25) is 0 Å². The second-order valence-corrected chi connectivity index (χ2v) is 8.20. The Kier molecular flexibility index (Phi) is 8.79. The molecule has 0 heterocycles. The van der Waals surface area contributed by atoms with Gasteiger partial charge in [0.25, 0.3) is 0 Å². The first-order valence-corrected chi connectivity index (χ1v) is 10.1. The summed E-state index contributed by atoms with van der Waals surface area (Å²) in [6, 6.07) is 0. The summed E-state index contributed by atoms with van der Waals surface area (Å²) in [5, 5.41) is 14.4. The first kappa shape index (κ1) is 20.4. The molecule has 3 aliphatic rings. The van der Waals surface area contributed by atoms with Crippen LogP contribution in [0.3, 0.4) is 0 Å². The predicted molar refractivity (Wildman–Crippen MR) is 105 cm³/mol. The fourth-order valence-electron chi connectivity index (χ4n) is 4.00. The molecule has 24 heavy (non-hydrogen) atoms. The van der Waals surface area contributed by atoms with Crippen LogP contribution in [0.5, 0.6) is 0 Å². The zero-order chi connectivity index (χ0) is 16.1. The normalized spacial score (nSPS) is 36.2. The zero-order valence-electron chi connectivity index (χ0n) is 15.7. The van der Waals surface area contributed by atoms with Crippen molar-refractivity contribution in [2.75, 3.05) is 52.4 Å². The highest BCUT2D eigenvalue weighted by molar-refractivity contribution is 5.85. The summed E-state index contributed by atoms with van der Waals surface area (Å²) >= 11 is 0. The van der Waals surface area contributed by atoms with Gasteiger partial charge in [0.2, 0.25) is 0 Å². The first-order chi connectivity index (χ1) is 11.3. The Balaban J connectivity index is 0.00000208. The lowest BCUT2D eigenvalue weighted by molar-refractivity contribution is 0.516. The Labute approximate surface area is 155 Å². The molecule has 0 saturated heterocycles. The summed E-state index contributed by atoms with van der Waals surface area (Å²) in [5.41, 5.74) is 0. The van der Waals surface area contributed by atoms with Crippen molar-refractivity contribution in [3.63, 3.8) is 0 Å². The largest absolute Gasteiger partial charge is 0.317 e. The van der Waals surface area contributed by atoms with Crippen LogP contribution in [0.15, 0.2) is 0 Å². The van der Waals surface area contributed by atoms with Gasteiger partial charge in [-0.2, -0.15) is 0 Å². The van der Waals surface area contributed by atoms with Crippen LogP contribution in [0.25, 0.3) is 0 Å². The minimum atomic E-state index is 0. The number of hydrogen-bond acceptors (Lipinski definition) is 4. The second-order valence-electron chi connectivity index (χ2n) is 8.20. The van der Waals surface area contributed by atoms with Gasteiger partial charge in [0.1, 0.15) is 0 Å². The molecule has 6 atom stereocenters. The summed E-state index contributed by atoms with van der Waals surface area (Å²) < 4.78 is 0. The average Bonchev–Trinajstić information content (AvgIpc) is 3.43. The van der Waals surface area contributed by atoms with Crippen LogP contribution in [0, 0.1) is 35.5 Å². The maximum Gasteiger partial charge on any atom is -0.00172 e. The van der Waals surface area contributed by atoms with E-state index in [4.69, 9.17) is 0 Å². The number of halogens is 1. The Morgan fingerprint density at radius 3 is 1.00 bits per heavy atom. The number of hydrogen-bond donors (Lipinski definition) is 4. The standard InChI is InChI=1S/C19H38N4.ClH/c1-3-20-8-14-5-16(14)10-22-12-18-7-19(18)13-23-11-17-6-15(17)9-21-4-2;/h14-23H,3-13H2,1-2H3;1H. The van der Waals surface area contributed by atoms with Crippen molar-refractivity contribution in [3.05, 3.63) is 0 Å². The van der Waals surface area contributed by atoms with Crippen LogP contribution in [0.1, 0.15) is 33.1 Å². The molecule has 3 rings (SSSR count). The van der Waals surface area contributed by atoms with Gasteiger partial charge in [-0.25, -0.2) is 0 Å². The Hall–Kier alpha value is 0.130. The van der Waals surface area contributed by atoms with Gasteiger partial charge >= 0.3 is 0 Å². The number of nitrogens with one attached hydrogen (secondary N) is 4. The van der Waals surface area contributed by atoms with Crippen molar-refractivity contribution in [2.45, 2.75) is 33.1 Å². The van der Waals surface area contributed by atoms with E-state index in [1.807, 2.05) is 0 Å². The minimum Gasteiger partial charge on any atom is -0.317 e. The molecule has 0 radical (unpaired) electrons. The fraction of sp³-hybridized carbons (Fsp3) is 1.00. The van der Waals surface area contributed by atoms with Gasteiger partial charge in [0.15, 0.2) is 0 Å². The molecule has 4 N–H and O–H groups in total. The predicted octanol–water partition coefficient (Wildman–Crippen LogP) is 1.71. The molecule has 5 heteroatoms. The lowest BCUT2D eigenvalue weighted by atomic mass is 10.2. The molecule has 6 unspecified atom stereocenters. The van der Waals surface area contributed by atoms with Crippen molar-refractivity contribution in [1.29, 1.82) is 0 Å². The van der Waals surface area contributed by atoms with Crippen molar-refractivity contribution in [1.82, 2.24) is 21.3 Å². The third kappa shape index (κ3) is 6.80. The molecule has 3 aliphatic carbocycles. The van der Waals surface area contributed by atoms with E-state index in [0.29, 0.717) is 0 Å². The van der Waals surface area contributed by atoms with Gasteiger partial charge in [-0.05, 0) is 107 Å². The van der Waals surface area contributed by atoms with Gasteiger partial charge in [0.05, 0.1) is 0 Å². The van der Waals surface area contributed by atoms with Gasteiger partial charge in [-0.15, -0.1) is 12.4 Å². The third-order valence-electron chi connectivity index (χ3n) is 6.15. The van der Waals surface area contributed by atoms with E-state index >= 15 is 0 Å². The van der Waals surface area contributed by atoms with Crippen LogP contribution < -0.4 is 21.3 Å². The van der Waals surface area contributed by atoms with E-state index in [1.165, 1.54) is 58.5 Å². The summed E-state index contributed by atoms with van der Waals surface area (Å²) in [4.78, 5) is 0. The SMILES string of the molecule is CCNCC1CC1CNCC1CC1CNCC1CC1CNCC.Cl. The summed E-state index contributed by atoms with van der Waals surface area (Å²) in [6.45, 7) is 14.1. The molecular weight excluding hydrogens is 320 g/mol. The lowest BCUT2D eigenvalue weighted by Gasteiger charge is -2.06. The van der Waals surface area contributed by atoms with Crippen LogP contribution in [-0.2, 0) is 0 Å². The highest BCUT2D eigenvalue weighted by Crippen LogP contribution is 2.40. The van der Waals surface area contributed by atoms with E-state index in [0.717, 1.165) is 48.6 Å². The third-order valence-corrected chi connectivity index (χ3v) is 6.15. The van der Waals surface area contributed by atoms with E-state index in [9.17, 15) is 0 Å². The maximum absolute atomic E-state index is 3.72. The van der Waals surface area contributed by atoms with Gasteiger partial charge in [0, 0.05) is 0 Å². The van der Waals surface area contributed by atoms with Crippen LogP contribution in [0.2, 0.25) is 0 Å². The van der Waals surface area contributed by atoms with Crippen molar-refractivity contribution >= 4 is 12.4 Å². The van der Waals surface area contributed by atoms with E-state index in [1.54, 1.807) is 0 Å². The molecule has 0 aromatic heterocycles. The molecule has 0 bridgehead atoms. The lowest BCUT2D eigenvalue weighted by Crippen LogP contribution is -2.25. The van der Waals surface area contributed by atoms with Crippen molar-refractivity contribution in [2.24, 2.45) is 35.5 Å². The van der Waals surface area contributed by atoms with E-state index in [-0.39, 0.29) is 12.4 Å². The summed E-state index contributed by atoms with van der Waals surface area (Å²) in [6.07, 6.45) is 4.31. The van der Waals surface area contributed by atoms with E-state index < -0.39 is 0 Å². The van der Waals surface area contributed by atoms with Crippen molar-refractivity contribution in [3.8, 4) is 0 Å². The smallest absolute Gasteiger partial charge is 0.00172 e. The van der Waals surface area contributed by atoms with Crippen molar-refractivity contribution < 1.29 is 0 Å². The van der Waals surface area contributed by atoms with E-state index in [2.05, 4.69) is 35.1 Å². The molecule has 0 aromatic rings. The average molecular weight is 359 g/mol. The molecule has 0 aliphatic heterocycles. The quantitative estimate of drug-likeness (QED) is 0.382. The molecule has 3 fully saturated rings. The first-order valence-electron chi connectivity index (χ1n) is 10.1. The fourth-order valence-corrected chi connectivity index (χ4v) is 4.00. The summed E-state index contributed by atoms with van der Waals surface area (Å²) in [7, 11) is 0. The molecule has 142 valence electrons.